The zero-order valence-electron chi connectivity index (χ0n) is 30.4. The van der Waals surface area contributed by atoms with E-state index in [1.807, 2.05) is 24.3 Å². The van der Waals surface area contributed by atoms with E-state index in [9.17, 15) is 9.90 Å². The highest BCUT2D eigenvalue weighted by molar-refractivity contribution is 9.10. The fourth-order valence-corrected chi connectivity index (χ4v) is 4.86. The Balaban J connectivity index is 0.000000252. The predicted molar refractivity (Wildman–Crippen MR) is 216 cm³/mol. The van der Waals surface area contributed by atoms with E-state index in [4.69, 9.17) is 25.1 Å². The Hall–Kier alpha value is -5.06. The molecule has 0 spiro atoms. The smallest absolute Gasteiger partial charge is 0.408 e. The summed E-state index contributed by atoms with van der Waals surface area (Å²) in [6, 6.07) is 20.6. The topological polar surface area (TPSA) is 236 Å². The first-order chi connectivity index (χ1) is 26.3. The molecule has 5 N–H and O–H groups in total. The number of aliphatic hydroxyl groups excluding tert-OH is 2. The molecule has 0 saturated carbocycles. The van der Waals surface area contributed by atoms with Gasteiger partial charge in [-0.25, -0.2) is 14.8 Å². The molecule has 0 radical (unpaired) electrons. The van der Waals surface area contributed by atoms with Crippen LogP contribution in [0.15, 0.2) is 94.1 Å². The number of nitrogens with zero attached hydrogens (tertiary/aromatic N) is 10. The zero-order chi connectivity index (χ0) is 39.4. The normalized spacial score (nSPS) is 12.0. The molecular weight excluding hydrogens is 876 g/mol. The van der Waals surface area contributed by atoms with Gasteiger partial charge in [0.2, 0.25) is 23.4 Å². The maximum Gasteiger partial charge on any atom is 0.408 e. The molecule has 21 heteroatoms. The molecule has 0 aliphatic rings. The van der Waals surface area contributed by atoms with Crippen LogP contribution in [0.4, 0.5) is 4.79 Å². The number of hydrogen-bond acceptors (Lipinski definition) is 15. The fraction of sp³-hybridized carbons (Fsp3) is 0.286. The maximum absolute atomic E-state index is 11.9. The third-order valence-corrected chi connectivity index (χ3v) is 7.87. The molecule has 0 unspecified atom stereocenters. The quantitative estimate of drug-likeness (QED) is 0.121. The van der Waals surface area contributed by atoms with Gasteiger partial charge in [0, 0.05) is 50.6 Å². The number of alkyl carbamates (subject to hydrolysis) is 1. The highest BCUT2D eigenvalue weighted by Gasteiger charge is 2.20. The van der Waals surface area contributed by atoms with Crippen LogP contribution < -0.4 is 20.5 Å². The van der Waals surface area contributed by atoms with E-state index in [-0.39, 0.29) is 33.3 Å². The van der Waals surface area contributed by atoms with Crippen LogP contribution in [0.5, 0.6) is 23.3 Å². The van der Waals surface area contributed by atoms with Crippen LogP contribution in [0.3, 0.4) is 0 Å². The number of ether oxygens (including phenoxy) is 3. The van der Waals surface area contributed by atoms with Crippen molar-refractivity contribution in [2.75, 3.05) is 13.2 Å². The van der Waals surface area contributed by atoms with Crippen LogP contribution in [0.25, 0.3) is 22.8 Å². The lowest BCUT2D eigenvalue weighted by Crippen LogP contribution is -2.43. The molecular formula is C35H40Br2N12O6S. The van der Waals surface area contributed by atoms with Crippen molar-refractivity contribution in [3.05, 3.63) is 94.1 Å². The van der Waals surface area contributed by atoms with E-state index in [0.717, 1.165) is 20.1 Å². The third kappa shape index (κ3) is 13.9. The first-order valence-electron chi connectivity index (χ1n) is 16.7. The molecule has 296 valence electrons. The van der Waals surface area contributed by atoms with Crippen molar-refractivity contribution >= 4 is 51.4 Å². The monoisotopic (exact) mass is 914 g/mol. The lowest BCUT2D eigenvalue weighted by atomic mass is 10.2. The summed E-state index contributed by atoms with van der Waals surface area (Å²) >= 11 is 6.66. The Morgan fingerprint density at radius 2 is 1.21 bits per heavy atom. The Morgan fingerprint density at radius 1 is 0.750 bits per heavy atom. The predicted octanol–water partition coefficient (Wildman–Crippen LogP) is 4.90. The Kier molecular flexibility index (Phi) is 16.2. The molecule has 56 heavy (non-hydrogen) atoms. The van der Waals surface area contributed by atoms with Crippen LogP contribution >= 0.6 is 45.4 Å². The van der Waals surface area contributed by atoms with Gasteiger partial charge in [0.25, 0.3) is 0 Å². The van der Waals surface area contributed by atoms with Gasteiger partial charge in [-0.1, -0.05) is 0 Å². The van der Waals surface area contributed by atoms with E-state index in [1.165, 1.54) is 9.59 Å². The summed E-state index contributed by atoms with van der Waals surface area (Å²) in [5.41, 5.74) is 6.56. The largest absolute Gasteiger partial charge is 0.444 e. The molecule has 6 rings (SSSR count). The van der Waals surface area contributed by atoms with Crippen molar-refractivity contribution in [2.45, 2.75) is 51.5 Å². The van der Waals surface area contributed by atoms with Crippen molar-refractivity contribution in [3.63, 3.8) is 0 Å². The van der Waals surface area contributed by atoms with Gasteiger partial charge in [-0.15, -0.1) is 20.4 Å². The van der Waals surface area contributed by atoms with Gasteiger partial charge >= 0.3 is 6.09 Å². The number of pyridine rings is 2. The minimum atomic E-state index is -0.633. The summed E-state index contributed by atoms with van der Waals surface area (Å²) < 4.78 is 18.3. The molecule has 2 aromatic carbocycles. The van der Waals surface area contributed by atoms with E-state index >= 15 is 0 Å². The van der Waals surface area contributed by atoms with E-state index in [0.29, 0.717) is 41.5 Å². The molecule has 0 bridgehead atoms. The van der Waals surface area contributed by atoms with Gasteiger partial charge < -0.3 is 35.5 Å². The summed E-state index contributed by atoms with van der Waals surface area (Å²) in [4.78, 5) is 22.9. The van der Waals surface area contributed by atoms with Gasteiger partial charge in [-0.05, 0) is 124 Å². The van der Waals surface area contributed by atoms with Gasteiger partial charge in [0.1, 0.15) is 17.1 Å². The van der Waals surface area contributed by atoms with Gasteiger partial charge in [0.05, 0.1) is 32.3 Å². The lowest BCUT2D eigenvalue weighted by molar-refractivity contribution is 0.0472. The van der Waals surface area contributed by atoms with Crippen molar-refractivity contribution < 1.29 is 29.2 Å². The first-order valence-corrected chi connectivity index (χ1v) is 18.3. The molecule has 0 aliphatic heterocycles. The van der Waals surface area contributed by atoms with Crippen molar-refractivity contribution in [2.24, 2.45) is 5.73 Å². The lowest BCUT2D eigenvalue weighted by Gasteiger charge is -2.22. The average Bonchev–Trinajstić information content (AvgIpc) is 3.83. The molecule has 6 aromatic rings. The number of halogens is 2. The second kappa shape index (κ2) is 20.7. The highest BCUT2D eigenvalue weighted by Crippen LogP contribution is 2.25. The maximum atomic E-state index is 11.9. The molecule has 0 fully saturated rings. The minimum absolute atomic E-state index is 0. The first kappa shape index (κ1) is 43.7. The Morgan fingerprint density at radius 3 is 1.61 bits per heavy atom. The Bertz CT molecular complexity index is 2100. The number of nitrogens with two attached hydrogens (primary N) is 1. The number of amides is 1. The average molecular weight is 917 g/mol. The molecule has 0 saturated heterocycles. The number of carbonyl (C=O) groups is 1. The van der Waals surface area contributed by atoms with Crippen molar-refractivity contribution in [3.8, 4) is 46.0 Å². The zero-order valence-corrected chi connectivity index (χ0v) is 34.6. The summed E-state index contributed by atoms with van der Waals surface area (Å²) in [6.07, 6.45) is 2.70. The molecule has 1 amide bonds. The summed E-state index contributed by atoms with van der Waals surface area (Å²) in [7, 11) is 0. The van der Waals surface area contributed by atoms with Crippen LogP contribution in [0.2, 0.25) is 0 Å². The number of aliphatic hydroxyl groups is 2. The van der Waals surface area contributed by atoms with Gasteiger partial charge in [-0.3, -0.25) is 0 Å². The van der Waals surface area contributed by atoms with E-state index in [1.54, 1.807) is 81.7 Å². The van der Waals surface area contributed by atoms with Crippen LogP contribution in [0.1, 0.15) is 20.8 Å². The number of rotatable bonds is 13. The van der Waals surface area contributed by atoms with Gasteiger partial charge in [0.15, 0.2) is 0 Å². The third-order valence-electron chi connectivity index (χ3n) is 6.93. The van der Waals surface area contributed by atoms with E-state index in [2.05, 4.69) is 78.0 Å². The summed E-state index contributed by atoms with van der Waals surface area (Å²) in [5, 5.41) is 45.5. The standard InChI is InChI=1S/C20H23BrN6O4.C15H15BrN6O2.H2S/c1-20(2,3)31-19(29)23-15(12-28)11-27-25-18(24-26-27)13-4-7-16(8-5-13)30-17-9-6-14(21)10-22-17;16-11-3-6-14(18-7-11)24-13-4-1-10(2-5-13)15-19-21-22(20-15)8-12(17)9-23;/h4-10,15,28H,11-12H2,1-3H3,(H,23,29);1-7,12,23H,8-9,17H2;1H2/t15-;12-;/m00./s1. The Labute approximate surface area is 345 Å². The number of nitrogens with one attached hydrogen (secondary N) is 1. The number of hydrogen-bond donors (Lipinski definition) is 4. The SMILES string of the molecule is CC(C)(C)OC(=O)N[C@H](CO)Cn1nnc(-c2ccc(Oc3ccc(Br)cn3)cc2)n1.N[C@H](CO)Cn1nnc(-c2ccc(Oc3ccc(Br)cn3)cc2)n1.S. The van der Waals surface area contributed by atoms with Crippen molar-refractivity contribution in [1.82, 2.24) is 55.7 Å². The highest BCUT2D eigenvalue weighted by atomic mass is 79.9. The number of aromatic nitrogens is 10. The fourth-order valence-electron chi connectivity index (χ4n) is 4.39. The van der Waals surface area contributed by atoms with Crippen LogP contribution in [0, 0.1) is 0 Å². The number of benzene rings is 2. The summed E-state index contributed by atoms with van der Waals surface area (Å²) in [5.74, 6) is 3.15. The number of tetrazole rings is 2. The van der Waals surface area contributed by atoms with E-state index < -0.39 is 23.8 Å². The molecule has 18 nitrogen and oxygen atoms in total. The molecule has 2 atom stereocenters. The molecule has 4 aromatic heterocycles. The van der Waals surface area contributed by atoms with Gasteiger partial charge in [-0.2, -0.15) is 23.1 Å². The second-order valence-corrected chi connectivity index (χ2v) is 14.5. The van der Waals surface area contributed by atoms with Crippen LogP contribution in [-0.2, 0) is 17.8 Å². The minimum Gasteiger partial charge on any atom is -0.444 e. The van der Waals surface area contributed by atoms with Crippen LogP contribution in [-0.4, -0.2) is 97.6 Å². The number of carbonyl (C=O) groups excluding carboxylic acids is 1. The van der Waals surface area contributed by atoms with Crippen molar-refractivity contribution in [1.29, 1.82) is 0 Å². The second-order valence-electron chi connectivity index (χ2n) is 12.7. The molecule has 4 heterocycles. The molecule has 0 aliphatic carbocycles. The summed E-state index contributed by atoms with van der Waals surface area (Å²) in [6.45, 7) is 5.30.